The summed E-state index contributed by atoms with van der Waals surface area (Å²) in [6, 6.07) is 13.8. The van der Waals surface area contributed by atoms with Crippen molar-refractivity contribution in [2.75, 3.05) is 0 Å². The first-order valence-corrected chi connectivity index (χ1v) is 11.3. The summed E-state index contributed by atoms with van der Waals surface area (Å²) in [7, 11) is -4.35. The highest BCUT2D eigenvalue weighted by molar-refractivity contribution is 9.10. The van der Waals surface area contributed by atoms with Crippen molar-refractivity contribution in [1.29, 1.82) is 0 Å². The average molecular weight is 549 g/mol. The molecule has 3 rings (SSSR count). The fraction of sp³-hybridized carbons (Fsp3) is 0. The van der Waals surface area contributed by atoms with E-state index in [2.05, 4.69) is 26.5 Å². The van der Waals surface area contributed by atoms with E-state index in [1.165, 1.54) is 54.7 Å². The maximum Gasteiger partial charge on any atom is 0.339 e. The van der Waals surface area contributed by atoms with Gasteiger partial charge in [0.05, 0.1) is 20.5 Å². The van der Waals surface area contributed by atoms with E-state index >= 15 is 0 Å². The van der Waals surface area contributed by atoms with Crippen molar-refractivity contribution in [3.8, 4) is 5.75 Å². The molecule has 0 fully saturated rings. The number of hydrogen-bond donors (Lipinski definition) is 1. The van der Waals surface area contributed by atoms with Crippen molar-refractivity contribution < 1.29 is 27.2 Å². The molecule has 0 bridgehead atoms. The van der Waals surface area contributed by atoms with E-state index in [-0.39, 0.29) is 26.4 Å². The van der Waals surface area contributed by atoms with Crippen LogP contribution in [0.1, 0.15) is 15.9 Å². The predicted molar refractivity (Wildman–Crippen MR) is 123 cm³/mol. The summed E-state index contributed by atoms with van der Waals surface area (Å²) >= 11 is 3.18. The lowest BCUT2D eigenvalue weighted by molar-refractivity contribution is -0.385. The monoisotopic (exact) mass is 548 g/mol. The number of hydrogen-bond acceptors (Lipinski definition) is 9. The van der Waals surface area contributed by atoms with Crippen LogP contribution in [0.3, 0.4) is 0 Å². The van der Waals surface area contributed by atoms with Gasteiger partial charge in [0.1, 0.15) is 4.90 Å². The Hall–Kier alpha value is -4.17. The highest BCUT2D eigenvalue weighted by Crippen LogP contribution is 2.29. The van der Waals surface area contributed by atoms with E-state index in [9.17, 15) is 33.4 Å². The van der Waals surface area contributed by atoms with Crippen LogP contribution in [0.25, 0.3) is 0 Å². The molecule has 0 aliphatic carbocycles. The molecule has 0 heterocycles. The van der Waals surface area contributed by atoms with Gasteiger partial charge < -0.3 is 4.18 Å². The van der Waals surface area contributed by atoms with Crippen LogP contribution in [-0.4, -0.2) is 30.4 Å². The first-order chi connectivity index (χ1) is 16.1. The van der Waals surface area contributed by atoms with E-state index in [1.54, 1.807) is 0 Å². The second-order valence-electron chi connectivity index (χ2n) is 6.49. The second kappa shape index (κ2) is 10.2. The SMILES string of the molecule is O=C(N/N=C\c1ccc(OS(=O)(=O)c2cccc([N+](=O)[O-])c2)c(Br)c1)c1cccc([N+](=O)[O-])c1. The molecular weight excluding hydrogens is 536 g/mol. The summed E-state index contributed by atoms with van der Waals surface area (Å²) in [6.45, 7) is 0. The topological polar surface area (TPSA) is 171 Å². The van der Waals surface area contributed by atoms with Gasteiger partial charge in [0.25, 0.3) is 17.3 Å². The lowest BCUT2D eigenvalue weighted by atomic mass is 10.2. The highest BCUT2D eigenvalue weighted by atomic mass is 79.9. The van der Waals surface area contributed by atoms with Crippen molar-refractivity contribution >= 4 is 49.5 Å². The van der Waals surface area contributed by atoms with E-state index in [4.69, 9.17) is 4.18 Å². The Labute approximate surface area is 200 Å². The van der Waals surface area contributed by atoms with Crippen molar-refractivity contribution in [1.82, 2.24) is 5.43 Å². The van der Waals surface area contributed by atoms with Crippen LogP contribution in [0, 0.1) is 20.2 Å². The zero-order valence-corrected chi connectivity index (χ0v) is 19.2. The molecule has 12 nitrogen and oxygen atoms in total. The van der Waals surface area contributed by atoms with Crippen molar-refractivity contribution in [2.24, 2.45) is 5.10 Å². The third-order valence-corrected chi connectivity index (χ3v) is 6.02. The fourth-order valence-electron chi connectivity index (χ4n) is 2.57. The summed E-state index contributed by atoms with van der Waals surface area (Å²) in [5.74, 6) is -0.744. The lowest BCUT2D eigenvalue weighted by Gasteiger charge is -2.09. The highest BCUT2D eigenvalue weighted by Gasteiger charge is 2.21. The van der Waals surface area contributed by atoms with Gasteiger partial charge in [-0.25, -0.2) is 5.43 Å². The Morgan fingerprint density at radius 1 is 0.971 bits per heavy atom. The number of benzene rings is 3. The standard InChI is InChI=1S/C20H13BrN4O8S/c21-18-9-13(12-22-23-20(26)14-3-1-4-15(10-14)24(27)28)7-8-19(18)33-34(31,32)17-6-2-5-16(11-17)25(29)30/h1-12H,(H,23,26)/b22-12-. The molecule has 0 spiro atoms. The molecule has 0 atom stereocenters. The van der Waals surface area contributed by atoms with Gasteiger partial charge in [0, 0.05) is 29.8 Å². The minimum atomic E-state index is -4.35. The summed E-state index contributed by atoms with van der Waals surface area (Å²) in [5.41, 5.74) is 2.09. The number of nitrogens with one attached hydrogen (secondary N) is 1. The van der Waals surface area contributed by atoms with Crippen LogP contribution >= 0.6 is 15.9 Å². The summed E-state index contributed by atoms with van der Waals surface area (Å²) in [6.07, 6.45) is 1.26. The van der Waals surface area contributed by atoms with Crippen LogP contribution in [0.15, 0.2) is 81.2 Å². The molecular formula is C20H13BrN4O8S. The number of nitro groups is 2. The Morgan fingerprint density at radius 3 is 2.26 bits per heavy atom. The smallest absolute Gasteiger partial charge is 0.339 e. The quantitative estimate of drug-likeness (QED) is 0.191. The van der Waals surface area contributed by atoms with Crippen molar-refractivity contribution in [2.45, 2.75) is 4.90 Å². The van der Waals surface area contributed by atoms with Crippen molar-refractivity contribution in [3.05, 3.63) is 103 Å². The van der Waals surface area contributed by atoms with Gasteiger partial charge in [0.2, 0.25) is 0 Å². The molecule has 0 radical (unpaired) electrons. The van der Waals surface area contributed by atoms with Crippen molar-refractivity contribution in [3.63, 3.8) is 0 Å². The minimum absolute atomic E-state index is 0.0441. The molecule has 14 heteroatoms. The summed E-state index contributed by atoms with van der Waals surface area (Å²) < 4.78 is 30.3. The molecule has 34 heavy (non-hydrogen) atoms. The molecule has 3 aromatic carbocycles. The predicted octanol–water partition coefficient (Wildman–Crippen LogP) is 3.80. The fourth-order valence-corrected chi connectivity index (χ4v) is 4.15. The number of hydrazone groups is 1. The summed E-state index contributed by atoms with van der Waals surface area (Å²) in [5, 5.41) is 25.5. The molecule has 0 aromatic heterocycles. The molecule has 0 saturated carbocycles. The zero-order valence-electron chi connectivity index (χ0n) is 16.8. The van der Waals surface area contributed by atoms with E-state index in [0.29, 0.717) is 5.56 Å². The van der Waals surface area contributed by atoms with Gasteiger partial charge in [0.15, 0.2) is 5.75 Å². The average Bonchev–Trinajstić information content (AvgIpc) is 2.80. The Bertz CT molecular complexity index is 1430. The zero-order chi connectivity index (χ0) is 24.9. The molecule has 3 aromatic rings. The number of rotatable bonds is 8. The van der Waals surface area contributed by atoms with Gasteiger partial charge in [-0.15, -0.1) is 0 Å². The first kappa shape index (κ1) is 24.5. The normalized spacial score (nSPS) is 11.2. The van der Waals surface area contributed by atoms with Crippen LogP contribution in [-0.2, 0) is 10.1 Å². The third-order valence-electron chi connectivity index (χ3n) is 4.17. The molecule has 0 saturated heterocycles. The second-order valence-corrected chi connectivity index (χ2v) is 8.89. The van der Waals surface area contributed by atoms with Crippen LogP contribution in [0.5, 0.6) is 5.75 Å². The van der Waals surface area contributed by atoms with Gasteiger partial charge in [-0.05, 0) is 51.8 Å². The number of carbonyl (C=O) groups excluding carboxylic acids is 1. The van der Waals surface area contributed by atoms with E-state index < -0.39 is 31.6 Å². The molecule has 0 aliphatic heterocycles. The Kier molecular flexibility index (Phi) is 7.33. The Balaban J connectivity index is 1.70. The van der Waals surface area contributed by atoms with Gasteiger partial charge in [-0.1, -0.05) is 12.1 Å². The number of carbonyl (C=O) groups is 1. The van der Waals surface area contributed by atoms with Crippen LogP contribution < -0.4 is 9.61 Å². The van der Waals surface area contributed by atoms with E-state index in [1.807, 2.05) is 0 Å². The van der Waals surface area contributed by atoms with E-state index in [0.717, 1.165) is 18.2 Å². The first-order valence-electron chi connectivity index (χ1n) is 9.13. The van der Waals surface area contributed by atoms with Crippen LogP contribution in [0.2, 0.25) is 0 Å². The van der Waals surface area contributed by atoms with Gasteiger partial charge in [-0.3, -0.25) is 25.0 Å². The molecule has 0 unspecified atom stereocenters. The minimum Gasteiger partial charge on any atom is -0.378 e. The largest absolute Gasteiger partial charge is 0.378 e. The lowest BCUT2D eigenvalue weighted by Crippen LogP contribution is -2.17. The maximum absolute atomic E-state index is 12.5. The Morgan fingerprint density at radius 2 is 1.62 bits per heavy atom. The third kappa shape index (κ3) is 5.99. The molecule has 0 aliphatic rings. The number of nitro benzene ring substituents is 2. The molecule has 1 amide bonds. The van der Waals surface area contributed by atoms with Crippen LogP contribution in [0.4, 0.5) is 11.4 Å². The number of nitrogens with zero attached hydrogens (tertiary/aromatic N) is 3. The van der Waals surface area contributed by atoms with Gasteiger partial charge in [-0.2, -0.15) is 13.5 Å². The number of halogens is 1. The molecule has 174 valence electrons. The molecule has 1 N–H and O–H groups in total. The summed E-state index contributed by atoms with van der Waals surface area (Å²) in [4.78, 5) is 32.1. The number of amides is 1. The maximum atomic E-state index is 12.5. The van der Waals surface area contributed by atoms with Gasteiger partial charge >= 0.3 is 10.1 Å². The number of non-ortho nitro benzene ring substituents is 2.